The molecular weight excluding hydrogens is 383 g/mol. The number of aromatic nitrogens is 4. The van der Waals surface area contributed by atoms with Gasteiger partial charge < -0.3 is 19.8 Å². The third-order valence-electron chi connectivity index (χ3n) is 3.82. The molecule has 154 valence electrons. The minimum atomic E-state index is -1.96. The molecule has 0 aliphatic rings. The second-order valence-electron chi connectivity index (χ2n) is 7.54. The lowest BCUT2D eigenvalue weighted by atomic mass is 10.1. The van der Waals surface area contributed by atoms with Crippen molar-refractivity contribution in [2.75, 3.05) is 18.7 Å². The van der Waals surface area contributed by atoms with Crippen molar-refractivity contribution in [3.8, 4) is 0 Å². The highest BCUT2D eigenvalue weighted by Crippen LogP contribution is 2.23. The van der Waals surface area contributed by atoms with Crippen LogP contribution in [0.4, 0.5) is 5.82 Å². The molecular formula is C17H28N6O4P+. The maximum atomic E-state index is 12.3. The Labute approximate surface area is 165 Å². The predicted octanol–water partition coefficient (Wildman–Crippen LogP) is 2.08. The van der Waals surface area contributed by atoms with Crippen LogP contribution in [0.2, 0.25) is 0 Å². The van der Waals surface area contributed by atoms with Crippen molar-refractivity contribution in [2.45, 2.75) is 52.8 Å². The van der Waals surface area contributed by atoms with Crippen LogP contribution in [0.15, 0.2) is 12.7 Å². The van der Waals surface area contributed by atoms with Crippen LogP contribution in [0.25, 0.3) is 11.2 Å². The Kier molecular flexibility index (Phi) is 7.40. The number of esters is 1. The van der Waals surface area contributed by atoms with Crippen molar-refractivity contribution in [3.05, 3.63) is 12.7 Å². The summed E-state index contributed by atoms with van der Waals surface area (Å²) in [7, 11) is -1.96. The molecule has 0 saturated carbocycles. The lowest BCUT2D eigenvalue weighted by molar-refractivity contribution is -0.150. The van der Waals surface area contributed by atoms with E-state index < -0.39 is 19.5 Å². The fourth-order valence-electron chi connectivity index (χ4n) is 2.37. The zero-order chi connectivity index (χ0) is 20.9. The number of nitrogens with one attached hydrogen (secondary N) is 1. The monoisotopic (exact) mass is 411 g/mol. The minimum Gasteiger partial charge on any atom is -0.464 e. The summed E-state index contributed by atoms with van der Waals surface area (Å²) in [5.74, 6) is 0.105. The number of fused-ring (bicyclic) bond motifs is 1. The van der Waals surface area contributed by atoms with E-state index in [4.69, 9.17) is 15.2 Å². The first-order valence-corrected chi connectivity index (χ1v) is 10.5. The first-order valence-electron chi connectivity index (χ1n) is 9.02. The Balaban J connectivity index is 1.84. The number of carbonyl (C=O) groups excluding carboxylic acids is 1. The van der Waals surface area contributed by atoms with E-state index in [-0.39, 0.29) is 18.4 Å². The number of ether oxygens (including phenoxy) is 2. The second kappa shape index (κ2) is 9.36. The van der Waals surface area contributed by atoms with Crippen molar-refractivity contribution in [1.82, 2.24) is 24.6 Å². The molecule has 28 heavy (non-hydrogen) atoms. The zero-order valence-corrected chi connectivity index (χ0v) is 17.8. The summed E-state index contributed by atoms with van der Waals surface area (Å²) in [6.45, 7) is 9.79. The zero-order valence-electron chi connectivity index (χ0n) is 16.9. The van der Waals surface area contributed by atoms with Gasteiger partial charge in [-0.25, -0.2) is 19.7 Å². The molecule has 0 amide bonds. The molecule has 2 aromatic rings. The third kappa shape index (κ3) is 5.92. The first kappa shape index (κ1) is 22.1. The molecule has 2 atom stereocenters. The van der Waals surface area contributed by atoms with Crippen LogP contribution >= 0.6 is 7.95 Å². The molecule has 11 heteroatoms. The van der Waals surface area contributed by atoms with Crippen LogP contribution in [0.5, 0.6) is 0 Å². The summed E-state index contributed by atoms with van der Waals surface area (Å²) in [5, 5.41) is 2.78. The van der Waals surface area contributed by atoms with Gasteiger partial charge in [0.15, 0.2) is 17.0 Å². The number of nitrogen functional groups attached to an aromatic ring is 1. The van der Waals surface area contributed by atoms with Crippen LogP contribution in [0.3, 0.4) is 0 Å². The fraction of sp³-hybridized carbons (Fsp3) is 0.647. The molecule has 0 aromatic carbocycles. The highest BCUT2D eigenvalue weighted by molar-refractivity contribution is 7.42. The van der Waals surface area contributed by atoms with E-state index >= 15 is 0 Å². The molecule has 0 aliphatic carbocycles. The van der Waals surface area contributed by atoms with Gasteiger partial charge in [-0.3, -0.25) is 0 Å². The Morgan fingerprint density at radius 3 is 2.71 bits per heavy atom. The fourth-order valence-corrected chi connectivity index (χ4v) is 3.54. The first-order chi connectivity index (χ1) is 13.1. The number of rotatable bonds is 10. The van der Waals surface area contributed by atoms with Crippen LogP contribution in [0, 0.1) is 5.92 Å². The standard InChI is InChI=1S/C17H28N6O4P/c1-11(2)7-26-16(24)17(4,5)22-28(25)10-27-12(3)6-23-9-21-13-14(18)19-8-20-15(13)23/h8-9,11-12H,6-7,10H2,1-5H3,(H,22,25)(H2,18,19,20)/q+1. The minimum absolute atomic E-state index is 0.0405. The summed E-state index contributed by atoms with van der Waals surface area (Å²) >= 11 is 0. The van der Waals surface area contributed by atoms with Gasteiger partial charge in [0.2, 0.25) is 0 Å². The summed E-state index contributed by atoms with van der Waals surface area (Å²) in [6.07, 6.45) is 2.69. The van der Waals surface area contributed by atoms with Crippen LogP contribution in [-0.2, 0) is 25.4 Å². The van der Waals surface area contributed by atoms with Gasteiger partial charge in [0.1, 0.15) is 11.8 Å². The van der Waals surface area contributed by atoms with Crippen molar-refractivity contribution >= 4 is 30.9 Å². The van der Waals surface area contributed by atoms with Gasteiger partial charge in [0.05, 0.1) is 25.6 Å². The highest BCUT2D eigenvalue weighted by Gasteiger charge is 2.37. The van der Waals surface area contributed by atoms with E-state index in [1.54, 1.807) is 24.7 Å². The average molecular weight is 411 g/mol. The lowest BCUT2D eigenvalue weighted by Gasteiger charge is -2.19. The van der Waals surface area contributed by atoms with Crippen molar-refractivity contribution < 1.29 is 18.8 Å². The maximum Gasteiger partial charge on any atom is 0.461 e. The molecule has 10 nitrogen and oxygen atoms in total. The highest BCUT2D eigenvalue weighted by atomic mass is 31.1. The molecule has 0 aliphatic heterocycles. The van der Waals surface area contributed by atoms with Crippen LogP contribution < -0.4 is 10.8 Å². The second-order valence-corrected chi connectivity index (χ2v) is 8.78. The van der Waals surface area contributed by atoms with Gasteiger partial charge in [-0.1, -0.05) is 18.9 Å². The average Bonchev–Trinajstić information content (AvgIpc) is 3.01. The Hall–Kier alpha value is -2.16. The Bertz CT molecular complexity index is 838. The van der Waals surface area contributed by atoms with E-state index in [9.17, 15) is 9.36 Å². The molecule has 2 heterocycles. The third-order valence-corrected chi connectivity index (χ3v) is 5.01. The maximum absolute atomic E-state index is 12.3. The summed E-state index contributed by atoms with van der Waals surface area (Å²) in [4.78, 5) is 24.4. The molecule has 0 radical (unpaired) electrons. The van der Waals surface area contributed by atoms with E-state index in [0.29, 0.717) is 30.1 Å². The SMILES string of the molecule is CC(C)COC(=O)C(C)(C)N[P+](=O)COC(C)Cn1cnc2c(N)ncnc21. The van der Waals surface area contributed by atoms with E-state index in [2.05, 4.69) is 20.0 Å². The number of carbonyl (C=O) groups is 1. The molecule has 2 rings (SSSR count). The van der Waals surface area contributed by atoms with Gasteiger partial charge in [0.25, 0.3) is 6.35 Å². The largest absolute Gasteiger partial charge is 0.464 e. The lowest BCUT2D eigenvalue weighted by Crippen LogP contribution is -2.45. The van der Waals surface area contributed by atoms with E-state index in [1.165, 1.54) is 6.33 Å². The Morgan fingerprint density at radius 2 is 2.04 bits per heavy atom. The van der Waals surface area contributed by atoms with E-state index in [0.717, 1.165) is 0 Å². The number of nitrogens with zero attached hydrogens (tertiary/aromatic N) is 4. The van der Waals surface area contributed by atoms with Crippen molar-refractivity contribution in [1.29, 1.82) is 0 Å². The topological polar surface area (TPSA) is 134 Å². The number of hydrogen-bond acceptors (Lipinski definition) is 8. The molecule has 0 saturated heterocycles. The van der Waals surface area contributed by atoms with Gasteiger partial charge in [-0.05, 0) is 31.3 Å². The number of anilines is 1. The van der Waals surface area contributed by atoms with Gasteiger partial charge in [0, 0.05) is 0 Å². The molecule has 3 N–H and O–H groups in total. The molecule has 0 spiro atoms. The van der Waals surface area contributed by atoms with Crippen LogP contribution in [-0.4, -0.2) is 50.1 Å². The van der Waals surface area contributed by atoms with Gasteiger partial charge in [-0.15, -0.1) is 0 Å². The molecule has 0 fully saturated rings. The predicted molar refractivity (Wildman–Crippen MR) is 106 cm³/mol. The normalized spacial score (nSPS) is 13.7. The van der Waals surface area contributed by atoms with Gasteiger partial charge in [-0.2, -0.15) is 0 Å². The molecule has 2 unspecified atom stereocenters. The van der Waals surface area contributed by atoms with E-state index in [1.807, 2.05) is 20.8 Å². The molecule has 2 aromatic heterocycles. The van der Waals surface area contributed by atoms with Crippen molar-refractivity contribution in [3.63, 3.8) is 0 Å². The molecule has 0 bridgehead atoms. The number of hydrogen-bond donors (Lipinski definition) is 2. The summed E-state index contributed by atoms with van der Waals surface area (Å²) in [6, 6.07) is 0. The van der Waals surface area contributed by atoms with Crippen LogP contribution in [0.1, 0.15) is 34.6 Å². The van der Waals surface area contributed by atoms with Gasteiger partial charge >= 0.3 is 13.9 Å². The summed E-state index contributed by atoms with van der Waals surface area (Å²) in [5.41, 5.74) is 5.85. The number of imidazole rings is 1. The van der Waals surface area contributed by atoms with Crippen molar-refractivity contribution in [2.24, 2.45) is 5.92 Å². The number of nitrogens with two attached hydrogens (primary N) is 1. The Morgan fingerprint density at radius 1 is 1.32 bits per heavy atom. The quantitative estimate of drug-likeness (QED) is 0.445. The summed E-state index contributed by atoms with van der Waals surface area (Å²) < 4.78 is 25.0. The smallest absolute Gasteiger partial charge is 0.461 e.